The van der Waals surface area contributed by atoms with Crippen molar-refractivity contribution in [1.82, 2.24) is 5.32 Å². The summed E-state index contributed by atoms with van der Waals surface area (Å²) in [5.41, 5.74) is 2.87. The first kappa shape index (κ1) is 20.3. The number of rotatable bonds is 9. The lowest BCUT2D eigenvalue weighted by atomic mass is 10.1. The number of carbonyl (C=O) groups is 1. The molecule has 2 N–H and O–H groups in total. The van der Waals surface area contributed by atoms with E-state index in [9.17, 15) is 4.79 Å². The zero-order valence-electron chi connectivity index (χ0n) is 15.8. The summed E-state index contributed by atoms with van der Waals surface area (Å²) in [7, 11) is 0. The number of anilines is 1. The van der Waals surface area contributed by atoms with Crippen molar-refractivity contribution in [1.29, 1.82) is 0 Å². The van der Waals surface area contributed by atoms with Gasteiger partial charge in [-0.15, -0.1) is 6.42 Å². The molecule has 5 nitrogen and oxygen atoms in total. The Balaban J connectivity index is 1.74. The van der Waals surface area contributed by atoms with Gasteiger partial charge in [0.1, 0.15) is 12.4 Å². The fourth-order valence-corrected chi connectivity index (χ4v) is 2.37. The lowest BCUT2D eigenvalue weighted by molar-refractivity contribution is 0.0657. The first-order valence-electron chi connectivity index (χ1n) is 8.97. The molecule has 0 spiro atoms. The largest absolute Gasteiger partial charge is 0.481 e. The van der Waals surface area contributed by atoms with Gasteiger partial charge in [0, 0.05) is 12.2 Å². The molecule has 2 amide bonds. The van der Waals surface area contributed by atoms with Crippen molar-refractivity contribution in [3.8, 4) is 18.1 Å². The molecule has 0 fully saturated rings. The summed E-state index contributed by atoms with van der Waals surface area (Å²) in [6.07, 6.45) is 6.06. The van der Waals surface area contributed by atoms with Crippen LogP contribution in [0.2, 0.25) is 0 Å². The van der Waals surface area contributed by atoms with Crippen molar-refractivity contribution in [3.63, 3.8) is 0 Å². The Kier molecular flexibility index (Phi) is 8.21. The Hall–Kier alpha value is -2.97. The van der Waals surface area contributed by atoms with Crippen molar-refractivity contribution in [3.05, 3.63) is 59.7 Å². The van der Waals surface area contributed by atoms with Crippen molar-refractivity contribution in [2.45, 2.75) is 33.0 Å². The predicted octanol–water partition coefficient (Wildman–Crippen LogP) is 3.99. The topological polar surface area (TPSA) is 59.6 Å². The highest BCUT2D eigenvalue weighted by Crippen LogP contribution is 2.13. The molecular weight excluding hydrogens is 340 g/mol. The van der Waals surface area contributed by atoms with Gasteiger partial charge in [0.05, 0.1) is 12.7 Å². The maximum absolute atomic E-state index is 12.1. The van der Waals surface area contributed by atoms with Gasteiger partial charge in [0.25, 0.3) is 0 Å². The summed E-state index contributed by atoms with van der Waals surface area (Å²) in [5.74, 6) is 3.17. The van der Waals surface area contributed by atoms with E-state index in [1.54, 1.807) is 0 Å². The van der Waals surface area contributed by atoms with E-state index in [1.165, 1.54) is 0 Å². The highest BCUT2D eigenvalue weighted by atomic mass is 16.5. The Bertz CT molecular complexity index is 764. The van der Waals surface area contributed by atoms with Crippen molar-refractivity contribution < 1.29 is 14.3 Å². The molecule has 2 rings (SSSR count). The second-order valence-electron chi connectivity index (χ2n) is 6.33. The minimum absolute atomic E-state index is 0.169. The number of amides is 2. The van der Waals surface area contributed by atoms with Gasteiger partial charge in [-0.1, -0.05) is 30.2 Å². The summed E-state index contributed by atoms with van der Waals surface area (Å²) in [6, 6.07) is 15.1. The average Bonchev–Trinajstić information content (AvgIpc) is 2.66. The number of hydrogen-bond acceptors (Lipinski definition) is 3. The van der Waals surface area contributed by atoms with Crippen LogP contribution in [-0.4, -0.2) is 25.3 Å². The predicted molar refractivity (Wildman–Crippen MR) is 108 cm³/mol. The molecule has 0 bridgehead atoms. The van der Waals surface area contributed by atoms with Gasteiger partial charge in [-0.2, -0.15) is 0 Å². The van der Waals surface area contributed by atoms with Crippen LogP contribution in [0.3, 0.4) is 0 Å². The first-order valence-corrected chi connectivity index (χ1v) is 8.97. The van der Waals surface area contributed by atoms with Crippen LogP contribution in [0.4, 0.5) is 10.5 Å². The van der Waals surface area contributed by atoms with Gasteiger partial charge in [-0.3, -0.25) is 0 Å². The van der Waals surface area contributed by atoms with Crippen molar-refractivity contribution >= 4 is 11.7 Å². The SMILES string of the molecule is C#CCOc1ccc(CCNC(=O)Nc2cccc(COC(C)C)c2)cc1. The first-order chi connectivity index (χ1) is 13.1. The maximum atomic E-state index is 12.1. The molecule has 0 aliphatic rings. The Morgan fingerprint density at radius 3 is 2.63 bits per heavy atom. The van der Waals surface area contributed by atoms with Gasteiger partial charge in [0.2, 0.25) is 0 Å². The minimum Gasteiger partial charge on any atom is -0.481 e. The third-order valence-corrected chi connectivity index (χ3v) is 3.71. The molecule has 0 unspecified atom stereocenters. The number of benzene rings is 2. The number of ether oxygens (including phenoxy) is 2. The van der Waals surface area contributed by atoms with Crippen molar-refractivity contribution in [2.24, 2.45) is 0 Å². The fourth-order valence-electron chi connectivity index (χ4n) is 2.37. The van der Waals surface area contributed by atoms with E-state index in [0.29, 0.717) is 13.2 Å². The second-order valence-corrected chi connectivity index (χ2v) is 6.33. The summed E-state index contributed by atoms with van der Waals surface area (Å²) in [6.45, 7) is 5.30. The molecule has 0 heterocycles. The third kappa shape index (κ3) is 7.85. The molecular formula is C22H26N2O3. The Labute approximate surface area is 161 Å². The monoisotopic (exact) mass is 366 g/mol. The third-order valence-electron chi connectivity index (χ3n) is 3.71. The summed E-state index contributed by atoms with van der Waals surface area (Å²) >= 11 is 0. The van der Waals surface area contributed by atoms with Crippen LogP contribution < -0.4 is 15.4 Å². The van der Waals surface area contributed by atoms with Crippen LogP contribution in [0.5, 0.6) is 5.75 Å². The fraction of sp³-hybridized carbons (Fsp3) is 0.318. The molecule has 5 heteroatoms. The zero-order valence-corrected chi connectivity index (χ0v) is 15.8. The lowest BCUT2D eigenvalue weighted by Crippen LogP contribution is -2.30. The number of nitrogens with one attached hydrogen (secondary N) is 2. The van der Waals surface area contributed by atoms with Gasteiger partial charge < -0.3 is 20.1 Å². The van der Waals surface area contributed by atoms with Crippen LogP contribution in [0.1, 0.15) is 25.0 Å². The van der Waals surface area contributed by atoms with Crippen LogP contribution in [-0.2, 0) is 17.8 Å². The molecule has 2 aromatic carbocycles. The summed E-state index contributed by atoms with van der Waals surface area (Å²) < 4.78 is 10.9. The van der Waals surface area contributed by atoms with E-state index in [-0.39, 0.29) is 18.7 Å². The van der Waals surface area contributed by atoms with E-state index in [1.807, 2.05) is 62.4 Å². The molecule has 0 aliphatic carbocycles. The molecule has 0 radical (unpaired) electrons. The summed E-state index contributed by atoms with van der Waals surface area (Å²) in [5, 5.41) is 5.70. The highest BCUT2D eigenvalue weighted by molar-refractivity contribution is 5.89. The van der Waals surface area contributed by atoms with Crippen LogP contribution in [0.25, 0.3) is 0 Å². The number of terminal acetylenes is 1. The molecule has 0 saturated carbocycles. The van der Waals surface area contributed by atoms with E-state index < -0.39 is 0 Å². The van der Waals surface area contributed by atoms with Crippen LogP contribution >= 0.6 is 0 Å². The number of carbonyl (C=O) groups excluding carboxylic acids is 1. The molecule has 2 aromatic rings. The molecule has 142 valence electrons. The van der Waals surface area contributed by atoms with E-state index in [2.05, 4.69) is 16.6 Å². The second kappa shape index (κ2) is 10.9. The quantitative estimate of drug-likeness (QED) is 0.660. The van der Waals surface area contributed by atoms with Gasteiger partial charge in [-0.05, 0) is 55.7 Å². The van der Waals surface area contributed by atoms with E-state index >= 15 is 0 Å². The van der Waals surface area contributed by atoms with Gasteiger partial charge in [0.15, 0.2) is 0 Å². The van der Waals surface area contributed by atoms with E-state index in [4.69, 9.17) is 15.9 Å². The summed E-state index contributed by atoms with van der Waals surface area (Å²) in [4.78, 5) is 12.1. The molecule has 0 saturated heterocycles. The Morgan fingerprint density at radius 1 is 1.15 bits per heavy atom. The van der Waals surface area contributed by atoms with E-state index in [0.717, 1.165) is 29.0 Å². The normalized spacial score (nSPS) is 10.3. The molecule has 0 atom stereocenters. The zero-order chi connectivity index (χ0) is 19.5. The standard InChI is InChI=1S/C22H26N2O3/c1-4-14-26-21-10-8-18(9-11-21)12-13-23-22(25)24-20-7-5-6-19(15-20)16-27-17(2)3/h1,5-11,15,17H,12-14,16H2,2-3H3,(H2,23,24,25). The highest BCUT2D eigenvalue weighted by Gasteiger charge is 2.03. The number of hydrogen-bond donors (Lipinski definition) is 2. The molecule has 0 aliphatic heterocycles. The average molecular weight is 366 g/mol. The van der Waals surface area contributed by atoms with Gasteiger partial charge in [-0.25, -0.2) is 4.79 Å². The Morgan fingerprint density at radius 2 is 1.93 bits per heavy atom. The van der Waals surface area contributed by atoms with Gasteiger partial charge >= 0.3 is 6.03 Å². The smallest absolute Gasteiger partial charge is 0.319 e. The molecule has 0 aromatic heterocycles. The van der Waals surface area contributed by atoms with Crippen LogP contribution in [0, 0.1) is 12.3 Å². The maximum Gasteiger partial charge on any atom is 0.319 e. The lowest BCUT2D eigenvalue weighted by Gasteiger charge is -2.11. The minimum atomic E-state index is -0.231. The molecule has 27 heavy (non-hydrogen) atoms. The van der Waals surface area contributed by atoms with Crippen molar-refractivity contribution in [2.75, 3.05) is 18.5 Å². The number of urea groups is 1. The van der Waals surface area contributed by atoms with Crippen LogP contribution in [0.15, 0.2) is 48.5 Å².